The van der Waals surface area contributed by atoms with Crippen LogP contribution in [-0.4, -0.2) is 35.0 Å². The Labute approximate surface area is 176 Å². The fourth-order valence-electron chi connectivity index (χ4n) is 3.10. The summed E-state index contributed by atoms with van der Waals surface area (Å²) in [4.78, 5) is 28.8. The first kappa shape index (κ1) is 21.1. The lowest BCUT2D eigenvalue weighted by atomic mass is 10.1. The minimum atomic E-state index is -0.154. The highest BCUT2D eigenvalue weighted by atomic mass is 16.5. The van der Waals surface area contributed by atoms with Crippen LogP contribution in [-0.2, 0) is 17.8 Å². The van der Waals surface area contributed by atoms with Crippen LogP contribution < -0.4 is 15.4 Å². The quantitative estimate of drug-likeness (QED) is 0.535. The van der Waals surface area contributed by atoms with Crippen molar-refractivity contribution in [2.45, 2.75) is 26.3 Å². The van der Waals surface area contributed by atoms with Gasteiger partial charge in [0.1, 0.15) is 5.75 Å². The fourth-order valence-corrected chi connectivity index (χ4v) is 3.10. The monoisotopic (exact) mass is 406 g/mol. The van der Waals surface area contributed by atoms with E-state index < -0.39 is 0 Å². The van der Waals surface area contributed by atoms with Gasteiger partial charge in [-0.05, 0) is 42.7 Å². The van der Waals surface area contributed by atoms with Gasteiger partial charge in [0.15, 0.2) is 0 Å². The third kappa shape index (κ3) is 5.94. The van der Waals surface area contributed by atoms with E-state index in [9.17, 15) is 9.59 Å². The summed E-state index contributed by atoms with van der Waals surface area (Å²) >= 11 is 0. The van der Waals surface area contributed by atoms with Gasteiger partial charge in [0, 0.05) is 42.8 Å². The van der Waals surface area contributed by atoms with Crippen molar-refractivity contribution in [2.75, 3.05) is 19.0 Å². The maximum Gasteiger partial charge on any atom is 0.251 e. The molecule has 7 heteroatoms. The molecule has 0 aliphatic carbocycles. The summed E-state index contributed by atoms with van der Waals surface area (Å²) in [6, 6.07) is 12.7. The Kier molecular flexibility index (Phi) is 7.21. The Morgan fingerprint density at radius 2 is 2.03 bits per heavy atom. The number of methoxy groups -OCH3 is 1. The number of hydrogen-bond donors (Lipinski definition) is 2. The van der Waals surface area contributed by atoms with Crippen LogP contribution >= 0.6 is 0 Å². The molecular formula is C23H26N4O3. The van der Waals surface area contributed by atoms with E-state index in [4.69, 9.17) is 4.74 Å². The van der Waals surface area contributed by atoms with E-state index >= 15 is 0 Å². The molecule has 1 heterocycles. The predicted octanol–water partition coefficient (Wildman–Crippen LogP) is 3.20. The largest absolute Gasteiger partial charge is 0.496 e. The van der Waals surface area contributed by atoms with Crippen LogP contribution in [0.5, 0.6) is 5.75 Å². The summed E-state index contributed by atoms with van der Waals surface area (Å²) in [6.07, 6.45) is 6.36. The maximum absolute atomic E-state index is 12.4. The molecule has 2 amide bonds. The lowest BCUT2D eigenvalue weighted by Gasteiger charge is -2.10. The summed E-state index contributed by atoms with van der Waals surface area (Å²) in [5.41, 5.74) is 2.99. The predicted molar refractivity (Wildman–Crippen MR) is 116 cm³/mol. The number of nitrogens with one attached hydrogen (secondary N) is 2. The van der Waals surface area contributed by atoms with Crippen LogP contribution in [0, 0.1) is 6.92 Å². The summed E-state index contributed by atoms with van der Waals surface area (Å²) in [5, 5.41) is 5.78. The van der Waals surface area contributed by atoms with Crippen molar-refractivity contribution >= 4 is 17.5 Å². The third-order valence-corrected chi connectivity index (χ3v) is 4.68. The topological polar surface area (TPSA) is 85.2 Å². The zero-order valence-electron chi connectivity index (χ0n) is 17.2. The standard InChI is InChI=1S/C23H26N4O3/c1-17-7-8-20(15-21(17)30-2)26-22(28)14-18-5-3-6-19(13-18)23(29)25-9-4-11-27-12-10-24-16-27/h3,5-8,10,12-13,15-16H,4,9,11,14H2,1-2H3,(H,25,29)(H,26,28). The van der Waals surface area contributed by atoms with Gasteiger partial charge in [0.05, 0.1) is 19.9 Å². The summed E-state index contributed by atoms with van der Waals surface area (Å²) in [7, 11) is 1.60. The Bertz CT molecular complexity index is 999. The van der Waals surface area contributed by atoms with Crippen molar-refractivity contribution < 1.29 is 14.3 Å². The average Bonchev–Trinajstić information content (AvgIpc) is 3.26. The van der Waals surface area contributed by atoms with E-state index in [1.165, 1.54) is 0 Å². The molecule has 0 unspecified atom stereocenters. The van der Waals surface area contributed by atoms with Crippen molar-refractivity contribution in [3.63, 3.8) is 0 Å². The Morgan fingerprint density at radius 1 is 1.17 bits per heavy atom. The molecule has 0 atom stereocenters. The van der Waals surface area contributed by atoms with E-state index in [0.29, 0.717) is 17.8 Å². The number of amides is 2. The summed E-state index contributed by atoms with van der Waals surface area (Å²) in [5.74, 6) is 0.421. The number of carbonyl (C=O) groups excluding carboxylic acids is 2. The molecule has 0 aliphatic heterocycles. The number of anilines is 1. The zero-order chi connectivity index (χ0) is 21.3. The van der Waals surface area contributed by atoms with Gasteiger partial charge < -0.3 is 19.9 Å². The second-order valence-corrected chi connectivity index (χ2v) is 7.02. The maximum atomic E-state index is 12.4. The molecule has 0 radical (unpaired) electrons. The molecule has 7 nitrogen and oxygen atoms in total. The van der Waals surface area contributed by atoms with Crippen molar-refractivity contribution in [3.05, 3.63) is 77.9 Å². The number of benzene rings is 2. The first-order valence-electron chi connectivity index (χ1n) is 9.82. The third-order valence-electron chi connectivity index (χ3n) is 4.68. The van der Waals surface area contributed by atoms with Crippen LogP contribution in [0.4, 0.5) is 5.69 Å². The average molecular weight is 406 g/mol. The summed E-state index contributed by atoms with van der Waals surface area (Å²) < 4.78 is 7.26. The molecule has 3 rings (SSSR count). The van der Waals surface area contributed by atoms with Crippen LogP contribution in [0.1, 0.15) is 27.9 Å². The molecule has 0 aliphatic rings. The van der Waals surface area contributed by atoms with Gasteiger partial charge >= 0.3 is 0 Å². The van der Waals surface area contributed by atoms with Crippen LogP contribution in [0.3, 0.4) is 0 Å². The smallest absolute Gasteiger partial charge is 0.251 e. The number of aryl methyl sites for hydroxylation is 2. The molecule has 0 spiro atoms. The first-order valence-corrected chi connectivity index (χ1v) is 9.82. The van der Waals surface area contributed by atoms with Gasteiger partial charge in [0.2, 0.25) is 5.91 Å². The van der Waals surface area contributed by atoms with Crippen LogP contribution in [0.2, 0.25) is 0 Å². The normalized spacial score (nSPS) is 10.5. The van der Waals surface area contributed by atoms with Crippen molar-refractivity contribution in [1.82, 2.24) is 14.9 Å². The number of rotatable bonds is 9. The molecule has 156 valence electrons. The number of nitrogens with zero attached hydrogens (tertiary/aromatic N) is 2. The lowest BCUT2D eigenvalue weighted by molar-refractivity contribution is -0.115. The second kappa shape index (κ2) is 10.2. The minimum absolute atomic E-state index is 0.147. The minimum Gasteiger partial charge on any atom is -0.496 e. The fraction of sp³-hybridized carbons (Fsp3) is 0.261. The molecule has 0 fully saturated rings. The zero-order valence-corrected chi connectivity index (χ0v) is 17.2. The Hall–Kier alpha value is -3.61. The highest BCUT2D eigenvalue weighted by Gasteiger charge is 2.10. The molecular weight excluding hydrogens is 380 g/mol. The molecule has 0 saturated heterocycles. The van der Waals surface area contributed by atoms with Crippen molar-refractivity contribution in [2.24, 2.45) is 0 Å². The van der Waals surface area contributed by atoms with Gasteiger partial charge in [-0.15, -0.1) is 0 Å². The SMILES string of the molecule is COc1cc(NC(=O)Cc2cccc(C(=O)NCCCn3ccnc3)c2)ccc1C. The van der Waals surface area contributed by atoms with Gasteiger partial charge in [-0.2, -0.15) is 0 Å². The van der Waals surface area contributed by atoms with E-state index in [-0.39, 0.29) is 18.2 Å². The highest BCUT2D eigenvalue weighted by Crippen LogP contribution is 2.22. The highest BCUT2D eigenvalue weighted by molar-refractivity contribution is 5.95. The number of imidazole rings is 1. The number of aromatic nitrogens is 2. The van der Waals surface area contributed by atoms with Crippen molar-refractivity contribution in [1.29, 1.82) is 0 Å². The van der Waals surface area contributed by atoms with E-state index in [1.807, 2.05) is 35.9 Å². The number of carbonyl (C=O) groups is 2. The molecule has 0 saturated carbocycles. The molecule has 1 aromatic heterocycles. The van der Waals surface area contributed by atoms with Gasteiger partial charge in [0.25, 0.3) is 5.91 Å². The molecule has 3 aromatic rings. The Balaban J connectivity index is 1.51. The van der Waals surface area contributed by atoms with Crippen LogP contribution in [0.15, 0.2) is 61.2 Å². The van der Waals surface area contributed by atoms with E-state index in [1.54, 1.807) is 43.9 Å². The summed E-state index contributed by atoms with van der Waals surface area (Å²) in [6.45, 7) is 3.31. The van der Waals surface area contributed by atoms with Crippen LogP contribution in [0.25, 0.3) is 0 Å². The molecule has 2 aromatic carbocycles. The van der Waals surface area contributed by atoms with Crippen molar-refractivity contribution in [3.8, 4) is 5.75 Å². The molecule has 0 bridgehead atoms. The van der Waals surface area contributed by atoms with Gasteiger partial charge in [-0.1, -0.05) is 18.2 Å². The van der Waals surface area contributed by atoms with Gasteiger partial charge in [-0.3, -0.25) is 9.59 Å². The second-order valence-electron chi connectivity index (χ2n) is 7.02. The van der Waals surface area contributed by atoms with E-state index in [2.05, 4.69) is 15.6 Å². The first-order chi connectivity index (χ1) is 14.5. The Morgan fingerprint density at radius 3 is 2.80 bits per heavy atom. The molecule has 30 heavy (non-hydrogen) atoms. The van der Waals surface area contributed by atoms with E-state index in [0.717, 1.165) is 29.8 Å². The molecule has 2 N–H and O–H groups in total. The number of hydrogen-bond acceptors (Lipinski definition) is 4. The van der Waals surface area contributed by atoms with Gasteiger partial charge in [-0.25, -0.2) is 4.98 Å². The number of ether oxygens (including phenoxy) is 1. The lowest BCUT2D eigenvalue weighted by Crippen LogP contribution is -2.25.